The van der Waals surface area contributed by atoms with Gasteiger partial charge in [0.25, 0.3) is 0 Å². The zero-order valence-corrected chi connectivity index (χ0v) is 13.7. The lowest BCUT2D eigenvalue weighted by molar-refractivity contribution is -0.109. The molecule has 2 fully saturated rings. The first-order valence-electron chi connectivity index (χ1n) is 7.75. The van der Waals surface area contributed by atoms with Crippen molar-refractivity contribution in [3.63, 3.8) is 0 Å². The summed E-state index contributed by atoms with van der Waals surface area (Å²) in [5, 5.41) is 0. The Hall–Kier alpha value is -1.10. The molecule has 0 aromatic heterocycles. The molecule has 5 nitrogen and oxygen atoms in total. The van der Waals surface area contributed by atoms with Crippen LogP contribution in [0.4, 0.5) is 4.79 Å². The average Bonchev–Trinajstić information content (AvgIpc) is 3.08. The van der Waals surface area contributed by atoms with Gasteiger partial charge in [-0.3, -0.25) is 4.90 Å². The van der Waals surface area contributed by atoms with Crippen molar-refractivity contribution in [1.82, 2.24) is 4.90 Å². The predicted molar refractivity (Wildman–Crippen MR) is 78.8 cm³/mol. The Morgan fingerprint density at radius 3 is 2.52 bits per heavy atom. The fourth-order valence-corrected chi connectivity index (χ4v) is 3.11. The second-order valence-corrected chi connectivity index (χ2v) is 7.58. The molecule has 0 aromatic rings. The molecule has 0 N–H and O–H groups in total. The van der Waals surface area contributed by atoms with Gasteiger partial charge in [0.1, 0.15) is 17.6 Å². The molecule has 1 saturated carbocycles. The summed E-state index contributed by atoms with van der Waals surface area (Å²) in [6.07, 6.45) is 3.36. The van der Waals surface area contributed by atoms with E-state index in [0.29, 0.717) is 18.9 Å². The van der Waals surface area contributed by atoms with Gasteiger partial charge in [-0.05, 0) is 59.3 Å². The van der Waals surface area contributed by atoms with E-state index in [1.807, 2.05) is 34.6 Å². The summed E-state index contributed by atoms with van der Waals surface area (Å²) in [5.74, 6) is 0.708. The second-order valence-electron chi connectivity index (χ2n) is 7.58. The maximum Gasteiger partial charge on any atom is 0.412 e. The minimum atomic E-state index is -0.691. The third-order valence-electron chi connectivity index (χ3n) is 4.20. The van der Waals surface area contributed by atoms with Crippen molar-refractivity contribution in [2.45, 2.75) is 71.2 Å². The van der Waals surface area contributed by atoms with Crippen molar-refractivity contribution in [3.05, 3.63) is 0 Å². The fourth-order valence-electron chi connectivity index (χ4n) is 3.11. The van der Waals surface area contributed by atoms with E-state index in [1.165, 1.54) is 0 Å². The summed E-state index contributed by atoms with van der Waals surface area (Å²) in [5.41, 5.74) is -1.23. The highest BCUT2D eigenvalue weighted by Crippen LogP contribution is 2.45. The van der Waals surface area contributed by atoms with Crippen LogP contribution in [0.25, 0.3) is 0 Å². The van der Waals surface area contributed by atoms with E-state index in [9.17, 15) is 9.59 Å². The number of aldehydes is 1. The van der Waals surface area contributed by atoms with E-state index in [-0.39, 0.29) is 18.1 Å². The quantitative estimate of drug-likeness (QED) is 0.749. The highest BCUT2D eigenvalue weighted by Gasteiger charge is 2.51. The Balaban J connectivity index is 2.19. The number of hydrogen-bond acceptors (Lipinski definition) is 4. The number of carbonyl (C=O) groups is 2. The van der Waals surface area contributed by atoms with Crippen molar-refractivity contribution in [2.75, 3.05) is 6.61 Å². The van der Waals surface area contributed by atoms with E-state index in [4.69, 9.17) is 9.47 Å². The number of hydrogen-bond donors (Lipinski definition) is 0. The lowest BCUT2D eigenvalue weighted by Gasteiger charge is -2.37. The first kappa shape index (κ1) is 16.3. The number of rotatable bonds is 4. The fraction of sp³-hybridized carbons (Fsp3) is 0.875. The Kier molecular flexibility index (Phi) is 4.34. The van der Waals surface area contributed by atoms with Crippen LogP contribution in [0.5, 0.6) is 0 Å². The molecule has 1 heterocycles. The van der Waals surface area contributed by atoms with Crippen molar-refractivity contribution in [1.29, 1.82) is 0 Å². The van der Waals surface area contributed by atoms with Gasteiger partial charge in [0, 0.05) is 6.42 Å². The van der Waals surface area contributed by atoms with Gasteiger partial charge >= 0.3 is 6.09 Å². The molecule has 2 aliphatic rings. The van der Waals surface area contributed by atoms with E-state index in [2.05, 4.69) is 0 Å². The molecule has 21 heavy (non-hydrogen) atoms. The normalized spacial score (nSPS) is 26.5. The molecule has 0 bridgehead atoms. The van der Waals surface area contributed by atoms with Crippen molar-refractivity contribution in [3.8, 4) is 0 Å². The van der Waals surface area contributed by atoms with Crippen LogP contribution in [-0.2, 0) is 14.3 Å². The Morgan fingerprint density at radius 2 is 2.05 bits per heavy atom. The molecule has 1 saturated heterocycles. The molecule has 0 unspecified atom stereocenters. The summed E-state index contributed by atoms with van der Waals surface area (Å²) >= 11 is 0. The summed E-state index contributed by atoms with van der Waals surface area (Å²) in [6.45, 7) is 9.79. The van der Waals surface area contributed by atoms with Crippen LogP contribution in [0.3, 0.4) is 0 Å². The Morgan fingerprint density at radius 1 is 1.43 bits per heavy atom. The Bertz CT molecular complexity index is 409. The van der Waals surface area contributed by atoms with Crippen molar-refractivity contribution in [2.24, 2.45) is 11.8 Å². The number of ether oxygens (including phenoxy) is 2. The second kappa shape index (κ2) is 5.59. The SMILES string of the molecule is CC(C)(C)OC(=O)N1[C@H]([C@@H](CC=O)C2CC2)COC1(C)C. The van der Waals surface area contributed by atoms with Crippen LogP contribution in [0.2, 0.25) is 0 Å². The van der Waals surface area contributed by atoms with Gasteiger partial charge in [0.15, 0.2) is 0 Å². The molecule has 1 aliphatic carbocycles. The molecule has 2 atom stereocenters. The molecule has 0 radical (unpaired) electrons. The molecule has 5 heteroatoms. The first-order chi connectivity index (χ1) is 9.65. The number of nitrogens with zero attached hydrogens (tertiary/aromatic N) is 1. The highest BCUT2D eigenvalue weighted by atomic mass is 16.6. The van der Waals surface area contributed by atoms with Crippen LogP contribution < -0.4 is 0 Å². The monoisotopic (exact) mass is 297 g/mol. The Labute approximate surface area is 127 Å². The minimum absolute atomic E-state index is 0.0763. The largest absolute Gasteiger partial charge is 0.444 e. The molecule has 120 valence electrons. The van der Waals surface area contributed by atoms with Crippen LogP contribution in [0, 0.1) is 11.8 Å². The maximum absolute atomic E-state index is 12.6. The van der Waals surface area contributed by atoms with Crippen LogP contribution >= 0.6 is 0 Å². The summed E-state index contributed by atoms with van der Waals surface area (Å²) in [6, 6.07) is -0.0763. The topological polar surface area (TPSA) is 55.8 Å². The molecule has 2 rings (SSSR count). The first-order valence-corrected chi connectivity index (χ1v) is 7.75. The van der Waals surface area contributed by atoms with E-state index >= 15 is 0 Å². The van der Waals surface area contributed by atoms with E-state index in [1.54, 1.807) is 4.90 Å². The third kappa shape index (κ3) is 3.76. The van der Waals surface area contributed by atoms with Gasteiger partial charge in [-0.1, -0.05) is 0 Å². The zero-order valence-electron chi connectivity index (χ0n) is 13.7. The predicted octanol–water partition coefficient (Wildman–Crippen LogP) is 2.97. The molecular formula is C16H27NO4. The summed E-state index contributed by atoms with van der Waals surface area (Å²) in [4.78, 5) is 25.3. The molecule has 0 spiro atoms. The van der Waals surface area contributed by atoms with E-state index < -0.39 is 11.3 Å². The van der Waals surface area contributed by atoms with Gasteiger partial charge in [-0.15, -0.1) is 0 Å². The standard InChI is InChI=1S/C16H27NO4/c1-15(2,3)21-14(19)17-13(10-20-16(17,4)5)12(8-9-18)11-6-7-11/h9,11-13H,6-8,10H2,1-5H3/t12-,13-/m0/s1. The summed E-state index contributed by atoms with van der Waals surface area (Å²) < 4.78 is 11.4. The summed E-state index contributed by atoms with van der Waals surface area (Å²) in [7, 11) is 0. The average molecular weight is 297 g/mol. The van der Waals surface area contributed by atoms with Gasteiger partial charge in [-0.25, -0.2) is 4.79 Å². The molecule has 1 aliphatic heterocycles. The maximum atomic E-state index is 12.6. The molecular weight excluding hydrogens is 270 g/mol. The van der Waals surface area contributed by atoms with Gasteiger partial charge < -0.3 is 14.3 Å². The lowest BCUT2D eigenvalue weighted by atomic mass is 9.91. The lowest BCUT2D eigenvalue weighted by Crippen LogP contribution is -2.52. The third-order valence-corrected chi connectivity index (χ3v) is 4.20. The number of amides is 1. The van der Waals surface area contributed by atoms with Crippen molar-refractivity contribution < 1.29 is 19.1 Å². The molecule has 0 aromatic carbocycles. The highest BCUT2D eigenvalue weighted by molar-refractivity contribution is 5.70. The zero-order chi connectivity index (χ0) is 15.8. The van der Waals surface area contributed by atoms with Crippen LogP contribution in [0.15, 0.2) is 0 Å². The minimum Gasteiger partial charge on any atom is -0.444 e. The molecule has 1 amide bonds. The van der Waals surface area contributed by atoms with Gasteiger partial charge in [-0.2, -0.15) is 0 Å². The number of carbonyl (C=O) groups excluding carboxylic acids is 2. The van der Waals surface area contributed by atoms with Gasteiger partial charge in [0.05, 0.1) is 12.6 Å². The van der Waals surface area contributed by atoms with Gasteiger partial charge in [0.2, 0.25) is 0 Å². The van der Waals surface area contributed by atoms with Crippen LogP contribution in [-0.4, -0.2) is 41.3 Å². The van der Waals surface area contributed by atoms with Crippen LogP contribution in [0.1, 0.15) is 53.9 Å². The van der Waals surface area contributed by atoms with E-state index in [0.717, 1.165) is 19.1 Å². The smallest absolute Gasteiger partial charge is 0.412 e. The van der Waals surface area contributed by atoms with Crippen molar-refractivity contribution >= 4 is 12.4 Å².